The highest BCUT2D eigenvalue weighted by Crippen LogP contribution is 2.31. The van der Waals surface area contributed by atoms with Gasteiger partial charge in [-0.05, 0) is 41.1 Å². The van der Waals surface area contributed by atoms with Crippen molar-refractivity contribution in [2.45, 2.75) is 13.1 Å². The molecule has 0 aliphatic carbocycles. The Kier molecular flexibility index (Phi) is 2.94. The molecule has 3 nitrogen and oxygen atoms in total. The Morgan fingerprint density at radius 2 is 2.00 bits per heavy atom. The first-order chi connectivity index (χ1) is 7.88. The summed E-state index contributed by atoms with van der Waals surface area (Å²) in [7, 11) is 0. The van der Waals surface area contributed by atoms with Crippen molar-refractivity contribution in [1.82, 2.24) is 14.8 Å². The number of rotatable bonds is 1. The quantitative estimate of drug-likeness (QED) is 0.809. The second-order valence-corrected chi connectivity index (χ2v) is 4.33. The van der Waals surface area contributed by atoms with E-state index in [-0.39, 0.29) is 5.82 Å². The van der Waals surface area contributed by atoms with Crippen molar-refractivity contribution in [3.8, 4) is 5.82 Å². The zero-order chi connectivity index (χ0) is 12.6. The van der Waals surface area contributed by atoms with Gasteiger partial charge in [-0.2, -0.15) is 18.3 Å². The maximum Gasteiger partial charge on any atom is 0.433 e. The summed E-state index contributed by atoms with van der Waals surface area (Å²) in [6.45, 7) is 1.50. The zero-order valence-corrected chi connectivity index (χ0v) is 10.2. The lowest BCUT2D eigenvalue weighted by Gasteiger charge is -2.09. The summed E-state index contributed by atoms with van der Waals surface area (Å²) in [5, 5.41) is 3.80. The van der Waals surface area contributed by atoms with E-state index >= 15 is 0 Å². The predicted octanol–water partition coefficient (Wildman–Crippen LogP) is 3.36. The molecule has 0 aliphatic heterocycles. The molecule has 17 heavy (non-hydrogen) atoms. The van der Waals surface area contributed by atoms with Crippen LogP contribution >= 0.6 is 15.9 Å². The summed E-state index contributed by atoms with van der Waals surface area (Å²) < 4.78 is 39.7. The number of aryl methyl sites for hydroxylation is 1. The molecule has 0 unspecified atom stereocenters. The number of hydrogen-bond acceptors (Lipinski definition) is 2. The van der Waals surface area contributed by atoms with Gasteiger partial charge in [0.25, 0.3) is 0 Å². The van der Waals surface area contributed by atoms with Crippen LogP contribution in [0.2, 0.25) is 0 Å². The fraction of sp³-hybridized carbons (Fsp3) is 0.200. The summed E-state index contributed by atoms with van der Waals surface area (Å²) in [4.78, 5) is 3.89. The molecule has 90 valence electrons. The van der Waals surface area contributed by atoms with Gasteiger partial charge in [0.05, 0.1) is 5.69 Å². The number of halogens is 4. The Morgan fingerprint density at radius 1 is 1.29 bits per heavy atom. The average molecular weight is 306 g/mol. The Morgan fingerprint density at radius 3 is 2.53 bits per heavy atom. The monoisotopic (exact) mass is 305 g/mol. The van der Waals surface area contributed by atoms with Crippen LogP contribution in [0.4, 0.5) is 13.2 Å². The number of alkyl halides is 3. The minimum Gasteiger partial charge on any atom is -0.236 e. The molecular formula is C10H7BrF3N3. The normalized spacial score (nSPS) is 11.8. The third kappa shape index (κ3) is 2.49. The molecule has 0 aliphatic rings. The summed E-state index contributed by atoms with van der Waals surface area (Å²) in [5.41, 5.74) is -0.535. The molecule has 7 heteroatoms. The van der Waals surface area contributed by atoms with E-state index in [1.165, 1.54) is 19.2 Å². The Bertz CT molecular complexity index is 531. The van der Waals surface area contributed by atoms with Crippen LogP contribution in [0.1, 0.15) is 11.4 Å². The SMILES string of the molecule is Cc1cc(C(F)(F)F)n(-c2ccc(Br)cn2)n1. The van der Waals surface area contributed by atoms with Gasteiger partial charge >= 0.3 is 6.18 Å². The highest BCUT2D eigenvalue weighted by Gasteiger charge is 2.36. The molecule has 2 aromatic rings. The molecule has 0 saturated carbocycles. The first kappa shape index (κ1) is 12.1. The van der Waals surface area contributed by atoms with E-state index < -0.39 is 11.9 Å². The van der Waals surface area contributed by atoms with Gasteiger partial charge < -0.3 is 0 Å². The largest absolute Gasteiger partial charge is 0.433 e. The Balaban J connectivity index is 2.55. The van der Waals surface area contributed by atoms with Gasteiger partial charge in [0.15, 0.2) is 5.82 Å². The molecule has 2 rings (SSSR count). The van der Waals surface area contributed by atoms with E-state index in [1.807, 2.05) is 0 Å². The second-order valence-electron chi connectivity index (χ2n) is 3.42. The van der Waals surface area contributed by atoms with Gasteiger partial charge in [-0.1, -0.05) is 0 Å². The first-order valence-corrected chi connectivity index (χ1v) is 5.43. The number of hydrogen-bond donors (Lipinski definition) is 0. The van der Waals surface area contributed by atoms with E-state index in [9.17, 15) is 13.2 Å². The minimum absolute atomic E-state index is 0.133. The van der Waals surface area contributed by atoms with Crippen LogP contribution < -0.4 is 0 Å². The summed E-state index contributed by atoms with van der Waals surface area (Å²) in [6, 6.07) is 4.06. The van der Waals surface area contributed by atoms with Crippen molar-refractivity contribution in [2.75, 3.05) is 0 Å². The van der Waals surface area contributed by atoms with Crippen molar-refractivity contribution < 1.29 is 13.2 Å². The summed E-state index contributed by atoms with van der Waals surface area (Å²) in [5.74, 6) is 0.133. The van der Waals surface area contributed by atoms with E-state index in [0.29, 0.717) is 10.2 Å². The second kappa shape index (κ2) is 4.14. The summed E-state index contributed by atoms with van der Waals surface area (Å²) >= 11 is 3.17. The lowest BCUT2D eigenvalue weighted by atomic mass is 10.3. The first-order valence-electron chi connectivity index (χ1n) is 4.64. The minimum atomic E-state index is -4.45. The molecule has 0 aromatic carbocycles. The van der Waals surface area contributed by atoms with Crippen molar-refractivity contribution in [2.24, 2.45) is 0 Å². The zero-order valence-electron chi connectivity index (χ0n) is 8.66. The van der Waals surface area contributed by atoms with Crippen LogP contribution in [0.25, 0.3) is 5.82 Å². The van der Waals surface area contributed by atoms with Crippen LogP contribution in [-0.2, 0) is 6.18 Å². The van der Waals surface area contributed by atoms with Crippen LogP contribution in [0.3, 0.4) is 0 Å². The molecule has 0 atom stereocenters. The maximum atomic E-state index is 12.7. The molecule has 0 bridgehead atoms. The van der Waals surface area contributed by atoms with E-state index in [4.69, 9.17) is 0 Å². The molecular weight excluding hydrogens is 299 g/mol. The maximum absolute atomic E-state index is 12.7. The lowest BCUT2D eigenvalue weighted by Crippen LogP contribution is -2.14. The average Bonchev–Trinajstić information content (AvgIpc) is 2.61. The molecule has 2 heterocycles. The number of nitrogens with zero attached hydrogens (tertiary/aromatic N) is 3. The van der Waals surface area contributed by atoms with Crippen LogP contribution in [0, 0.1) is 6.92 Å². The molecule has 0 spiro atoms. The third-order valence-electron chi connectivity index (χ3n) is 2.05. The van der Waals surface area contributed by atoms with Gasteiger partial charge in [-0.3, -0.25) is 0 Å². The van der Waals surface area contributed by atoms with Crippen LogP contribution in [0.15, 0.2) is 28.9 Å². The topological polar surface area (TPSA) is 30.7 Å². The number of pyridine rings is 1. The van der Waals surface area contributed by atoms with Gasteiger partial charge in [0, 0.05) is 10.7 Å². The third-order valence-corrected chi connectivity index (χ3v) is 2.52. The number of aromatic nitrogens is 3. The molecule has 2 aromatic heterocycles. The smallest absolute Gasteiger partial charge is 0.236 e. The Hall–Kier alpha value is -1.37. The van der Waals surface area contributed by atoms with E-state index in [2.05, 4.69) is 26.0 Å². The van der Waals surface area contributed by atoms with Gasteiger partial charge in [0.2, 0.25) is 0 Å². The molecule has 0 radical (unpaired) electrons. The van der Waals surface area contributed by atoms with Crippen molar-refractivity contribution in [3.63, 3.8) is 0 Å². The van der Waals surface area contributed by atoms with Crippen molar-refractivity contribution >= 4 is 15.9 Å². The summed E-state index contributed by atoms with van der Waals surface area (Å²) in [6.07, 6.45) is -3.03. The van der Waals surface area contributed by atoms with Crippen LogP contribution in [-0.4, -0.2) is 14.8 Å². The van der Waals surface area contributed by atoms with E-state index in [1.54, 1.807) is 6.07 Å². The van der Waals surface area contributed by atoms with Gasteiger partial charge in [0.1, 0.15) is 5.69 Å². The molecule has 0 fully saturated rings. The fourth-order valence-corrected chi connectivity index (χ4v) is 1.60. The molecule has 0 N–H and O–H groups in total. The van der Waals surface area contributed by atoms with Gasteiger partial charge in [-0.15, -0.1) is 0 Å². The fourth-order valence-electron chi connectivity index (χ4n) is 1.37. The Labute approximate surface area is 103 Å². The highest BCUT2D eigenvalue weighted by atomic mass is 79.9. The predicted molar refractivity (Wildman–Crippen MR) is 58.8 cm³/mol. The lowest BCUT2D eigenvalue weighted by molar-refractivity contribution is -0.142. The van der Waals surface area contributed by atoms with Crippen molar-refractivity contribution in [1.29, 1.82) is 0 Å². The highest BCUT2D eigenvalue weighted by molar-refractivity contribution is 9.10. The standard InChI is InChI=1S/C10H7BrF3N3/c1-6-4-8(10(12,13)14)17(16-6)9-3-2-7(11)5-15-9/h2-5H,1H3. The molecule has 0 amide bonds. The molecule has 0 saturated heterocycles. The van der Waals surface area contributed by atoms with Crippen molar-refractivity contribution in [3.05, 3.63) is 40.3 Å². The van der Waals surface area contributed by atoms with E-state index in [0.717, 1.165) is 10.7 Å². The van der Waals surface area contributed by atoms with Crippen LogP contribution in [0.5, 0.6) is 0 Å². The van der Waals surface area contributed by atoms with Gasteiger partial charge in [-0.25, -0.2) is 9.67 Å².